The molecule has 3 aliphatic rings. The highest BCUT2D eigenvalue weighted by atomic mass is 16.8. The van der Waals surface area contributed by atoms with Crippen LogP contribution in [0.5, 0.6) is 0 Å². The minimum absolute atomic E-state index is 0.229. The van der Waals surface area contributed by atoms with Gasteiger partial charge in [-0.05, 0) is 70.6 Å². The average Bonchev–Trinajstić information content (AvgIpc) is 3.72. The first-order valence-corrected chi connectivity index (χ1v) is 34.9. The normalized spacial score (nSPS) is 28.7. The Morgan fingerprint density at radius 3 is 1.14 bits per heavy atom. The minimum Gasteiger partial charge on any atom is -0.394 e. The van der Waals surface area contributed by atoms with Crippen molar-refractivity contribution in [3.63, 3.8) is 0 Å². The average molecular weight is 1260 g/mol. The molecule has 514 valence electrons. The molecule has 0 aliphatic carbocycles. The molecule has 17 unspecified atom stereocenters. The second kappa shape index (κ2) is 51.2. The number of unbranched alkanes of at least 4 members (excludes halogenated alkanes) is 31. The molecule has 1 amide bonds. The summed E-state index contributed by atoms with van der Waals surface area (Å²) >= 11 is 0. The molecule has 0 spiro atoms. The fraction of sp³-hybridized carbons (Fsp3) is 0.870. The van der Waals surface area contributed by atoms with Crippen LogP contribution in [0.15, 0.2) is 48.6 Å². The number of ether oxygens (including phenoxy) is 6. The van der Waals surface area contributed by atoms with Crippen LogP contribution in [0, 0.1) is 0 Å². The van der Waals surface area contributed by atoms with Gasteiger partial charge in [0.2, 0.25) is 5.91 Å². The van der Waals surface area contributed by atoms with Crippen LogP contribution in [0.4, 0.5) is 0 Å². The summed E-state index contributed by atoms with van der Waals surface area (Å²) in [7, 11) is 0. The standard InChI is InChI=1S/C69H125NO18/c1-3-5-7-9-11-13-15-17-19-21-23-25-27-28-30-32-34-36-38-40-42-44-46-53(74)52(70-57(75)47-45-43-41-39-37-35-33-31-29-26-24-22-20-18-16-14-12-10-8-6-4-2)51-83-67-63(81)60(78)65(55(49-72)85-67)88-69-64(82)61(79)66(56(50-73)86-69)87-68-62(80)59(77)58(76)54(48-71)84-68/h22,24,28,30,36,38,44,46,52-56,58-69,71-74,76-82H,3-21,23,25-27,29,31-35,37,39-43,45,47-51H2,1-2H3,(H,70,75)/b24-22-,30-28+,38-36+,46-44+. The van der Waals surface area contributed by atoms with Crippen molar-refractivity contribution < 1.29 is 89.4 Å². The van der Waals surface area contributed by atoms with Crippen LogP contribution >= 0.6 is 0 Å². The number of hydrogen-bond acceptors (Lipinski definition) is 18. The summed E-state index contributed by atoms with van der Waals surface area (Å²) in [6, 6.07) is -0.998. The first-order chi connectivity index (χ1) is 42.8. The monoisotopic (exact) mass is 1260 g/mol. The number of hydrogen-bond donors (Lipinski definition) is 12. The summed E-state index contributed by atoms with van der Waals surface area (Å²) in [6.45, 7) is 1.72. The summed E-state index contributed by atoms with van der Waals surface area (Å²) in [5.74, 6) is -0.291. The number of aliphatic hydroxyl groups excluding tert-OH is 11. The van der Waals surface area contributed by atoms with Crippen molar-refractivity contribution in [3.05, 3.63) is 48.6 Å². The first-order valence-electron chi connectivity index (χ1n) is 34.9. The predicted octanol–water partition coefficient (Wildman–Crippen LogP) is 9.00. The van der Waals surface area contributed by atoms with Crippen molar-refractivity contribution in [2.45, 2.75) is 356 Å². The molecule has 17 atom stereocenters. The largest absolute Gasteiger partial charge is 0.394 e. The zero-order valence-electron chi connectivity index (χ0n) is 54.2. The van der Waals surface area contributed by atoms with Crippen LogP contribution < -0.4 is 5.32 Å². The molecule has 3 rings (SSSR count). The van der Waals surface area contributed by atoms with E-state index >= 15 is 0 Å². The zero-order chi connectivity index (χ0) is 64.0. The van der Waals surface area contributed by atoms with Gasteiger partial charge in [-0.25, -0.2) is 0 Å². The SMILES string of the molecule is CCCCCCCCCC/C=C\CCCCCCCCCCCC(=O)NC(COC1OC(CO)C(OC2OC(CO)C(OC3OC(CO)C(O)C(O)C3O)C(O)C2O)C(O)C1O)C(O)/C=C/CC/C=C/CC/C=C/CCCCCCCCCCCCCC. The molecule has 0 bridgehead atoms. The third kappa shape index (κ3) is 33.0. The summed E-state index contributed by atoms with van der Waals surface area (Å²) in [5, 5.41) is 120. The predicted molar refractivity (Wildman–Crippen MR) is 342 cm³/mol. The maximum absolute atomic E-state index is 13.4. The van der Waals surface area contributed by atoms with Crippen LogP contribution in [0.3, 0.4) is 0 Å². The van der Waals surface area contributed by atoms with Gasteiger partial charge in [0.15, 0.2) is 18.9 Å². The quantitative estimate of drug-likeness (QED) is 0.0200. The lowest BCUT2D eigenvalue weighted by atomic mass is 9.96. The second-order valence-corrected chi connectivity index (χ2v) is 25.0. The molecule has 3 heterocycles. The van der Waals surface area contributed by atoms with Gasteiger partial charge in [-0.2, -0.15) is 0 Å². The lowest BCUT2D eigenvalue weighted by Gasteiger charge is -2.48. The van der Waals surface area contributed by atoms with Gasteiger partial charge in [0.1, 0.15) is 73.2 Å². The van der Waals surface area contributed by atoms with Crippen molar-refractivity contribution in [3.8, 4) is 0 Å². The molecule has 3 aliphatic heterocycles. The van der Waals surface area contributed by atoms with Crippen LogP contribution in [0.2, 0.25) is 0 Å². The van der Waals surface area contributed by atoms with E-state index in [1.165, 1.54) is 161 Å². The van der Waals surface area contributed by atoms with Gasteiger partial charge in [0.25, 0.3) is 0 Å². The Labute approximate surface area is 529 Å². The van der Waals surface area contributed by atoms with Gasteiger partial charge in [-0.1, -0.05) is 223 Å². The molecule has 12 N–H and O–H groups in total. The van der Waals surface area contributed by atoms with Crippen LogP contribution in [-0.2, 0) is 33.2 Å². The molecule has 0 aromatic heterocycles. The molecule has 19 nitrogen and oxygen atoms in total. The van der Waals surface area contributed by atoms with Gasteiger partial charge in [0, 0.05) is 6.42 Å². The molecule has 0 aromatic rings. The lowest BCUT2D eigenvalue weighted by molar-refractivity contribution is -0.379. The van der Waals surface area contributed by atoms with Crippen molar-refractivity contribution in [1.29, 1.82) is 0 Å². The highest BCUT2D eigenvalue weighted by Gasteiger charge is 2.53. The van der Waals surface area contributed by atoms with Crippen LogP contribution in [-0.4, -0.2) is 193 Å². The van der Waals surface area contributed by atoms with E-state index in [1.54, 1.807) is 6.08 Å². The van der Waals surface area contributed by atoms with Crippen molar-refractivity contribution >= 4 is 5.91 Å². The topological polar surface area (TPSA) is 307 Å². The van der Waals surface area contributed by atoms with Gasteiger partial charge < -0.3 is 89.9 Å². The van der Waals surface area contributed by atoms with E-state index in [0.29, 0.717) is 12.8 Å². The Bertz CT molecular complexity index is 1790. The van der Waals surface area contributed by atoms with E-state index in [-0.39, 0.29) is 18.9 Å². The van der Waals surface area contributed by atoms with E-state index in [1.807, 2.05) is 6.08 Å². The maximum atomic E-state index is 13.4. The van der Waals surface area contributed by atoms with E-state index in [0.717, 1.165) is 57.8 Å². The molecule has 0 radical (unpaired) electrons. The van der Waals surface area contributed by atoms with Crippen molar-refractivity contribution in [1.82, 2.24) is 5.32 Å². The van der Waals surface area contributed by atoms with Gasteiger partial charge >= 0.3 is 0 Å². The third-order valence-corrected chi connectivity index (χ3v) is 17.3. The van der Waals surface area contributed by atoms with Crippen molar-refractivity contribution in [2.75, 3.05) is 26.4 Å². The second-order valence-electron chi connectivity index (χ2n) is 25.0. The highest BCUT2D eigenvalue weighted by Crippen LogP contribution is 2.33. The van der Waals surface area contributed by atoms with Gasteiger partial charge in [0.05, 0.1) is 38.6 Å². The van der Waals surface area contributed by atoms with E-state index < -0.39 is 124 Å². The Balaban J connectivity index is 1.47. The minimum atomic E-state index is -1.98. The number of amides is 1. The molecule has 19 heteroatoms. The fourth-order valence-corrected chi connectivity index (χ4v) is 11.6. The van der Waals surface area contributed by atoms with E-state index in [9.17, 15) is 61.0 Å². The third-order valence-electron chi connectivity index (χ3n) is 17.3. The van der Waals surface area contributed by atoms with E-state index in [4.69, 9.17) is 28.4 Å². The Kier molecular flexibility index (Phi) is 46.5. The number of carbonyl (C=O) groups excluding carboxylic acids is 1. The molecule has 0 aromatic carbocycles. The smallest absolute Gasteiger partial charge is 0.220 e. The van der Waals surface area contributed by atoms with Gasteiger partial charge in [-0.3, -0.25) is 4.79 Å². The van der Waals surface area contributed by atoms with E-state index in [2.05, 4.69) is 55.6 Å². The van der Waals surface area contributed by atoms with Crippen LogP contribution in [0.1, 0.15) is 251 Å². The molecule has 3 saturated heterocycles. The molecule has 88 heavy (non-hydrogen) atoms. The van der Waals surface area contributed by atoms with Crippen molar-refractivity contribution in [2.24, 2.45) is 0 Å². The number of rotatable bonds is 53. The molecular weight excluding hydrogens is 1130 g/mol. The fourth-order valence-electron chi connectivity index (χ4n) is 11.6. The molecule has 0 saturated carbocycles. The lowest BCUT2D eigenvalue weighted by Crippen LogP contribution is -2.66. The van der Waals surface area contributed by atoms with Crippen LogP contribution in [0.25, 0.3) is 0 Å². The molecular formula is C69H125NO18. The Morgan fingerprint density at radius 1 is 0.398 bits per heavy atom. The number of carbonyl (C=O) groups is 1. The summed E-state index contributed by atoms with van der Waals surface area (Å²) in [4.78, 5) is 13.4. The highest BCUT2D eigenvalue weighted by molar-refractivity contribution is 5.76. The van der Waals surface area contributed by atoms with Gasteiger partial charge in [-0.15, -0.1) is 0 Å². The summed E-state index contributed by atoms with van der Waals surface area (Å²) in [6.07, 6.45) is 33.7. The first kappa shape index (κ1) is 80.0. The summed E-state index contributed by atoms with van der Waals surface area (Å²) in [5.41, 5.74) is 0. The number of allylic oxidation sites excluding steroid dienone is 7. The molecule has 3 fully saturated rings. The zero-order valence-corrected chi connectivity index (χ0v) is 54.2. The summed E-state index contributed by atoms with van der Waals surface area (Å²) < 4.78 is 34.3. The Hall–Kier alpha value is -2.25. The number of aliphatic hydroxyl groups is 11. The Morgan fingerprint density at radius 2 is 0.727 bits per heavy atom. The maximum Gasteiger partial charge on any atom is 0.220 e. The number of nitrogens with one attached hydrogen (secondary N) is 1.